The van der Waals surface area contributed by atoms with E-state index in [4.69, 9.17) is 9.97 Å². The molecule has 0 atom stereocenters. The van der Waals surface area contributed by atoms with Gasteiger partial charge in [-0.1, -0.05) is 259 Å². The van der Waals surface area contributed by atoms with Crippen LogP contribution in [0.3, 0.4) is 0 Å². The van der Waals surface area contributed by atoms with Gasteiger partial charge in [0.1, 0.15) is 0 Å². The van der Waals surface area contributed by atoms with E-state index in [2.05, 4.69) is 283 Å². The fraction of sp³-hybridized carbons (Fsp3) is 0. The number of benzene rings is 14. The molecule has 4 nitrogen and oxygen atoms in total. The van der Waals surface area contributed by atoms with Gasteiger partial charge in [0.15, 0.2) is 0 Å². The number of nitrogens with zero attached hydrogens (tertiary/aromatic N) is 2. The van der Waals surface area contributed by atoms with Gasteiger partial charge in [0.05, 0.1) is 22.4 Å². The van der Waals surface area contributed by atoms with E-state index in [9.17, 15) is 10.0 Å². The minimum absolute atomic E-state index is 0.510. The maximum absolute atomic E-state index is 9.38. The van der Waals surface area contributed by atoms with Gasteiger partial charge in [0.25, 0.3) is 0 Å². The molecule has 0 aliphatic heterocycles. The standard InChI is InChI=1S/C41H25NS.C23H14BrN.C18H13BO2S/c1-2-16-33-31(14-1)32-15-3-4-18-35(32)40-36(33)22-23-38(42-40)29-13-8-11-27(25-29)26-10-7-12-28(24-26)30-19-9-20-37-34-17-5-6-21-39(34)43-41(30)37;24-16-7-5-6-15(14-16)22-13-12-21-19-10-2-1-8-17(19)18-9-3-4-11-20(18)23(21)25-22;20-19(21)13-6-3-5-12(11-13)14-8-4-9-16-15-7-1-2-10-17(15)22-18(14)16/h1-25H;1-14H;1-11,20-21H. The van der Waals surface area contributed by atoms with Crippen molar-refractivity contribution in [3.8, 4) is 55.9 Å². The molecule has 4 aromatic heterocycles. The van der Waals surface area contributed by atoms with Gasteiger partial charge < -0.3 is 10.0 Å². The van der Waals surface area contributed by atoms with Gasteiger partial charge >= 0.3 is 7.12 Å². The van der Waals surface area contributed by atoms with Crippen molar-refractivity contribution in [3.05, 3.63) is 308 Å². The van der Waals surface area contributed by atoms with Crippen molar-refractivity contribution < 1.29 is 10.0 Å². The molecule has 0 bridgehead atoms. The number of aromatic nitrogens is 2. The van der Waals surface area contributed by atoms with Crippen LogP contribution in [0.1, 0.15) is 0 Å². The van der Waals surface area contributed by atoms with E-state index in [1.54, 1.807) is 17.4 Å². The van der Waals surface area contributed by atoms with Gasteiger partial charge in [0.2, 0.25) is 0 Å². The Morgan fingerprint density at radius 2 is 0.600 bits per heavy atom. The second-order valence-corrected chi connectivity index (χ2v) is 25.6. The van der Waals surface area contributed by atoms with Crippen LogP contribution in [0.5, 0.6) is 0 Å². The van der Waals surface area contributed by atoms with E-state index in [1.165, 1.54) is 116 Å². The molecular formula is C82H52BBrN2O2S2. The van der Waals surface area contributed by atoms with Crippen LogP contribution < -0.4 is 5.46 Å². The van der Waals surface area contributed by atoms with Crippen LogP contribution in [0, 0.1) is 0 Å². The van der Waals surface area contributed by atoms with Crippen LogP contribution in [-0.2, 0) is 0 Å². The van der Waals surface area contributed by atoms with E-state index in [0.717, 1.165) is 49.1 Å². The predicted molar refractivity (Wildman–Crippen MR) is 390 cm³/mol. The highest BCUT2D eigenvalue weighted by atomic mass is 79.9. The average Bonchev–Trinajstić information content (AvgIpc) is 1.15. The lowest BCUT2D eigenvalue weighted by molar-refractivity contribution is 0.426. The van der Waals surface area contributed by atoms with Crippen LogP contribution in [0.2, 0.25) is 0 Å². The molecule has 0 amide bonds. The number of halogens is 1. The normalized spacial score (nSPS) is 11.5. The molecule has 0 radical (unpaired) electrons. The summed E-state index contributed by atoms with van der Waals surface area (Å²) in [5.74, 6) is 0. The average molecular weight is 1250 g/mol. The zero-order valence-electron chi connectivity index (χ0n) is 48.4. The fourth-order valence-corrected chi connectivity index (χ4v) is 15.9. The topological polar surface area (TPSA) is 66.2 Å². The second kappa shape index (κ2) is 23.4. The summed E-state index contributed by atoms with van der Waals surface area (Å²) in [6, 6.07) is 107. The molecule has 14 aromatic carbocycles. The molecule has 0 saturated heterocycles. The van der Waals surface area contributed by atoms with Crippen molar-refractivity contribution in [3.63, 3.8) is 0 Å². The lowest BCUT2D eigenvalue weighted by Gasteiger charge is -2.12. The summed E-state index contributed by atoms with van der Waals surface area (Å²) in [7, 11) is -1.44. The van der Waals surface area contributed by atoms with Crippen LogP contribution in [0.4, 0.5) is 0 Å². The molecule has 424 valence electrons. The summed E-state index contributed by atoms with van der Waals surface area (Å²) >= 11 is 7.20. The molecule has 2 N–H and O–H groups in total. The number of rotatable bonds is 6. The van der Waals surface area contributed by atoms with Crippen LogP contribution >= 0.6 is 38.6 Å². The number of hydrogen-bond donors (Lipinski definition) is 2. The molecule has 0 aliphatic carbocycles. The van der Waals surface area contributed by atoms with Crippen LogP contribution in [0.15, 0.2) is 308 Å². The van der Waals surface area contributed by atoms with Crippen molar-refractivity contribution in [1.29, 1.82) is 0 Å². The minimum atomic E-state index is -1.44. The molecule has 4 heterocycles. The molecule has 90 heavy (non-hydrogen) atoms. The molecule has 8 heteroatoms. The van der Waals surface area contributed by atoms with Gasteiger partial charge in [-0.2, -0.15) is 0 Å². The van der Waals surface area contributed by atoms with Crippen molar-refractivity contribution in [2.45, 2.75) is 0 Å². The first-order chi connectivity index (χ1) is 44.4. The summed E-state index contributed by atoms with van der Waals surface area (Å²) in [6.07, 6.45) is 0. The van der Waals surface area contributed by atoms with E-state index in [-0.39, 0.29) is 0 Å². The highest BCUT2D eigenvalue weighted by Gasteiger charge is 2.17. The Morgan fingerprint density at radius 3 is 1.07 bits per heavy atom. The number of thiophene rings is 2. The van der Waals surface area contributed by atoms with Crippen LogP contribution in [-0.4, -0.2) is 27.1 Å². The molecule has 0 unspecified atom stereocenters. The van der Waals surface area contributed by atoms with E-state index in [0.29, 0.717) is 5.46 Å². The first-order valence-electron chi connectivity index (χ1n) is 30.0. The molecule has 0 fully saturated rings. The number of pyridine rings is 2. The minimum Gasteiger partial charge on any atom is -0.423 e. The molecule has 18 aromatic rings. The lowest BCUT2D eigenvalue weighted by atomic mass is 9.79. The zero-order valence-corrected chi connectivity index (χ0v) is 51.6. The summed E-state index contributed by atoms with van der Waals surface area (Å²) < 4.78 is 6.24. The third kappa shape index (κ3) is 10.1. The monoisotopic (exact) mass is 1250 g/mol. The Bertz CT molecular complexity index is 5770. The maximum Gasteiger partial charge on any atom is 0.488 e. The van der Waals surface area contributed by atoms with Crippen LogP contribution in [0.25, 0.3) is 161 Å². The van der Waals surface area contributed by atoms with Gasteiger partial charge in [-0.25, -0.2) is 9.97 Å². The Labute approximate surface area is 536 Å². The SMILES string of the molecule is Brc1cccc(-c2ccc3c4ccccc4c4ccccc4c3n2)c1.OB(O)c1cccc(-c2cccc3c2sc2ccccc23)c1.c1cc(-c2cccc(-c3cccc4c3sc3ccccc34)c2)cc(-c2ccc3c4ccccc4c4ccccc4c3n2)c1. The van der Waals surface area contributed by atoms with Crippen molar-refractivity contribution in [1.82, 2.24) is 9.97 Å². The third-order valence-electron chi connectivity index (χ3n) is 17.3. The largest absolute Gasteiger partial charge is 0.488 e. The van der Waals surface area contributed by atoms with Crippen molar-refractivity contribution in [2.24, 2.45) is 0 Å². The first kappa shape index (κ1) is 55.2. The highest BCUT2D eigenvalue weighted by molar-refractivity contribution is 9.10. The van der Waals surface area contributed by atoms with Crippen molar-refractivity contribution in [2.75, 3.05) is 0 Å². The van der Waals surface area contributed by atoms with Gasteiger partial charge in [-0.05, 0) is 132 Å². The van der Waals surface area contributed by atoms with Gasteiger partial charge in [-0.3, -0.25) is 0 Å². The Hall–Kier alpha value is -10.2. The van der Waals surface area contributed by atoms with Gasteiger partial charge in [-0.15, -0.1) is 22.7 Å². The Balaban J connectivity index is 0.000000117. The molecule has 0 spiro atoms. The quantitative estimate of drug-likeness (QED) is 0.129. The number of hydrogen-bond acceptors (Lipinski definition) is 6. The van der Waals surface area contributed by atoms with Crippen molar-refractivity contribution >= 4 is 156 Å². The second-order valence-electron chi connectivity index (χ2n) is 22.6. The smallest absolute Gasteiger partial charge is 0.423 e. The summed E-state index contributed by atoms with van der Waals surface area (Å²) in [4.78, 5) is 10.3. The molecule has 0 aliphatic rings. The Kier molecular flexibility index (Phi) is 14.4. The highest BCUT2D eigenvalue weighted by Crippen LogP contribution is 2.43. The molecule has 0 saturated carbocycles. The van der Waals surface area contributed by atoms with Gasteiger partial charge in [0, 0.05) is 77.5 Å². The lowest BCUT2D eigenvalue weighted by Crippen LogP contribution is -2.29. The first-order valence-corrected chi connectivity index (χ1v) is 32.4. The Morgan fingerprint density at radius 1 is 0.267 bits per heavy atom. The zero-order chi connectivity index (χ0) is 60.2. The maximum atomic E-state index is 9.38. The molecular weight excluding hydrogens is 1200 g/mol. The summed E-state index contributed by atoms with van der Waals surface area (Å²) in [5, 5.41) is 36.3. The molecule has 18 rings (SSSR count). The van der Waals surface area contributed by atoms with E-state index < -0.39 is 7.12 Å². The van der Waals surface area contributed by atoms with E-state index in [1.807, 2.05) is 41.7 Å². The summed E-state index contributed by atoms with van der Waals surface area (Å²) in [5.41, 5.74) is 13.9. The fourth-order valence-electron chi connectivity index (χ4n) is 13.0. The predicted octanol–water partition coefficient (Wildman–Crippen LogP) is 22.3. The van der Waals surface area contributed by atoms with E-state index >= 15 is 0 Å². The summed E-state index contributed by atoms with van der Waals surface area (Å²) in [6.45, 7) is 0. The number of fused-ring (bicyclic) bond motifs is 18. The third-order valence-corrected chi connectivity index (χ3v) is 20.2.